The number of halogens is 1. The molecular formula is C27H28FN3O4. The van der Waals surface area contributed by atoms with Crippen LogP contribution < -0.4 is 15.2 Å². The van der Waals surface area contributed by atoms with Crippen LogP contribution in [0.15, 0.2) is 77.7 Å². The highest BCUT2D eigenvalue weighted by Crippen LogP contribution is 2.38. The molecule has 1 amide bonds. The quantitative estimate of drug-likeness (QED) is 0.532. The molecule has 2 aliphatic heterocycles. The van der Waals surface area contributed by atoms with Crippen LogP contribution in [-0.4, -0.2) is 40.4 Å². The fourth-order valence-corrected chi connectivity index (χ4v) is 4.35. The topological polar surface area (TPSA) is 75.0 Å². The summed E-state index contributed by atoms with van der Waals surface area (Å²) < 4.78 is 22.3. The fraction of sp³-hybridized carbons (Fsp3) is 0.259. The first-order chi connectivity index (χ1) is 17.1. The number of benzene rings is 2. The Bertz CT molecular complexity index is 1290. The molecule has 0 radical (unpaired) electrons. The van der Waals surface area contributed by atoms with E-state index in [1.807, 2.05) is 55.3 Å². The average Bonchev–Trinajstić information content (AvgIpc) is 2.87. The van der Waals surface area contributed by atoms with Gasteiger partial charge < -0.3 is 14.7 Å². The summed E-state index contributed by atoms with van der Waals surface area (Å²) in [5.74, 6) is -1.42. The van der Waals surface area contributed by atoms with Crippen LogP contribution in [0.2, 0.25) is 0 Å². The Hall–Kier alpha value is -4.07. The van der Waals surface area contributed by atoms with Crippen molar-refractivity contribution in [2.45, 2.75) is 26.3 Å². The minimum Gasteiger partial charge on any atom is -0.502 e. The highest BCUT2D eigenvalue weighted by atomic mass is 19.1. The van der Waals surface area contributed by atoms with Gasteiger partial charge in [-0.1, -0.05) is 68.5 Å². The number of rotatable bonds is 1. The third-order valence-electron chi connectivity index (χ3n) is 5.90. The van der Waals surface area contributed by atoms with E-state index >= 15 is 0 Å². The van der Waals surface area contributed by atoms with Crippen molar-refractivity contribution in [1.29, 1.82) is 0 Å². The number of nitrogens with zero attached hydrogens (tertiary/aromatic N) is 3. The number of pyridine rings is 1. The highest BCUT2D eigenvalue weighted by Gasteiger charge is 2.37. The summed E-state index contributed by atoms with van der Waals surface area (Å²) in [6.45, 7) is 4.73. The lowest BCUT2D eigenvalue weighted by atomic mass is 9.96. The zero-order chi connectivity index (χ0) is 24.9. The van der Waals surface area contributed by atoms with Gasteiger partial charge in [-0.25, -0.2) is 4.39 Å². The maximum absolute atomic E-state index is 15.0. The van der Waals surface area contributed by atoms with Crippen LogP contribution >= 0.6 is 0 Å². The molecule has 7 nitrogen and oxygen atoms in total. The average molecular weight is 478 g/mol. The highest BCUT2D eigenvalue weighted by molar-refractivity contribution is 5.96. The molecule has 0 saturated heterocycles. The van der Waals surface area contributed by atoms with Gasteiger partial charge in [-0.05, 0) is 18.1 Å². The van der Waals surface area contributed by atoms with Crippen LogP contribution in [0.1, 0.15) is 47.9 Å². The Labute approximate surface area is 203 Å². The van der Waals surface area contributed by atoms with E-state index in [-0.39, 0.29) is 24.7 Å². The number of amides is 1. The van der Waals surface area contributed by atoms with Crippen molar-refractivity contribution in [1.82, 2.24) is 9.58 Å². The second-order valence-corrected chi connectivity index (χ2v) is 7.91. The molecule has 35 heavy (non-hydrogen) atoms. The summed E-state index contributed by atoms with van der Waals surface area (Å²) in [6.07, 6.45) is 5.66. The third kappa shape index (κ3) is 4.51. The molecule has 5 rings (SSSR count). The summed E-state index contributed by atoms with van der Waals surface area (Å²) in [7, 11) is 0. The van der Waals surface area contributed by atoms with Gasteiger partial charge in [-0.3, -0.25) is 19.3 Å². The van der Waals surface area contributed by atoms with E-state index in [9.17, 15) is 19.1 Å². The van der Waals surface area contributed by atoms with Crippen LogP contribution in [0.25, 0.3) is 0 Å². The van der Waals surface area contributed by atoms with E-state index in [0.29, 0.717) is 18.5 Å². The molecule has 1 aromatic heterocycles. The summed E-state index contributed by atoms with van der Waals surface area (Å²) in [6, 6.07) is 14.9. The summed E-state index contributed by atoms with van der Waals surface area (Å²) >= 11 is 0. The normalized spacial score (nSPS) is 18.0. The second kappa shape index (κ2) is 10.5. The van der Waals surface area contributed by atoms with Crippen molar-refractivity contribution in [3.05, 3.63) is 106 Å². The maximum Gasteiger partial charge on any atom is 0.277 e. The van der Waals surface area contributed by atoms with E-state index in [1.54, 1.807) is 23.1 Å². The summed E-state index contributed by atoms with van der Waals surface area (Å²) in [4.78, 5) is 27.0. The van der Waals surface area contributed by atoms with Gasteiger partial charge in [0, 0.05) is 24.4 Å². The Morgan fingerprint density at radius 3 is 2.54 bits per heavy atom. The van der Waals surface area contributed by atoms with Crippen molar-refractivity contribution in [3.63, 3.8) is 0 Å². The largest absolute Gasteiger partial charge is 0.502 e. The van der Waals surface area contributed by atoms with E-state index in [1.165, 1.54) is 23.0 Å². The van der Waals surface area contributed by atoms with Crippen molar-refractivity contribution in [2.24, 2.45) is 0 Å². The van der Waals surface area contributed by atoms with Gasteiger partial charge in [-0.2, -0.15) is 0 Å². The van der Waals surface area contributed by atoms with Crippen molar-refractivity contribution in [2.75, 3.05) is 24.8 Å². The van der Waals surface area contributed by atoms with Gasteiger partial charge in [0.2, 0.25) is 5.43 Å². The predicted molar refractivity (Wildman–Crippen MR) is 132 cm³/mol. The second-order valence-electron chi connectivity index (χ2n) is 7.91. The Morgan fingerprint density at radius 1 is 1.00 bits per heavy atom. The Kier molecular flexibility index (Phi) is 7.19. The summed E-state index contributed by atoms with van der Waals surface area (Å²) in [5.41, 5.74) is 0.644. The maximum atomic E-state index is 15.0. The first-order valence-corrected chi connectivity index (χ1v) is 11.7. The van der Waals surface area contributed by atoms with E-state index in [2.05, 4.69) is 0 Å². The molecule has 2 aliphatic rings. The molecule has 1 N–H and O–H groups in total. The minimum absolute atomic E-state index is 0.116. The number of carbonyl (C=O) groups excluding carboxylic acids is 1. The molecule has 2 bridgehead atoms. The SMILES string of the molecule is CC.O=C1c2c(O)c(=O)ccn2N2CN1CC/C=C/COc1c(F)cccc1C2c1ccccc1. The molecule has 182 valence electrons. The fourth-order valence-electron chi connectivity index (χ4n) is 4.35. The van der Waals surface area contributed by atoms with Crippen LogP contribution in [-0.2, 0) is 0 Å². The molecular weight excluding hydrogens is 449 g/mol. The molecule has 0 aliphatic carbocycles. The smallest absolute Gasteiger partial charge is 0.277 e. The van der Waals surface area contributed by atoms with Gasteiger partial charge in [0.15, 0.2) is 23.0 Å². The lowest BCUT2D eigenvalue weighted by molar-refractivity contribution is 0.0682. The summed E-state index contributed by atoms with van der Waals surface area (Å²) in [5, 5.41) is 12.4. The molecule has 0 spiro atoms. The number of hydrogen-bond acceptors (Lipinski definition) is 5. The van der Waals surface area contributed by atoms with Crippen molar-refractivity contribution >= 4 is 5.91 Å². The van der Waals surface area contributed by atoms with Gasteiger partial charge in [-0.15, -0.1) is 0 Å². The molecule has 1 atom stereocenters. The van der Waals surface area contributed by atoms with Crippen molar-refractivity contribution < 1.29 is 19.0 Å². The first-order valence-electron chi connectivity index (χ1n) is 11.7. The van der Waals surface area contributed by atoms with E-state index in [4.69, 9.17) is 4.74 Å². The van der Waals surface area contributed by atoms with E-state index in [0.717, 1.165) is 5.56 Å². The molecule has 2 aromatic carbocycles. The van der Waals surface area contributed by atoms with Crippen LogP contribution in [0.3, 0.4) is 0 Å². The van der Waals surface area contributed by atoms with Crippen LogP contribution in [0.4, 0.5) is 4.39 Å². The number of aromatic nitrogens is 1. The third-order valence-corrected chi connectivity index (χ3v) is 5.90. The van der Waals surface area contributed by atoms with Crippen LogP contribution in [0, 0.1) is 5.82 Å². The van der Waals surface area contributed by atoms with Gasteiger partial charge in [0.25, 0.3) is 5.91 Å². The molecule has 1 unspecified atom stereocenters. The number of ether oxygens (including phenoxy) is 1. The molecule has 0 fully saturated rings. The first kappa shape index (κ1) is 24.1. The molecule has 0 saturated carbocycles. The zero-order valence-corrected chi connectivity index (χ0v) is 19.7. The molecule has 3 aromatic rings. The zero-order valence-electron chi connectivity index (χ0n) is 19.7. The lowest BCUT2D eigenvalue weighted by Gasteiger charge is -2.44. The van der Waals surface area contributed by atoms with Gasteiger partial charge in [0.1, 0.15) is 19.3 Å². The molecule has 8 heteroatoms. The number of aromatic hydroxyl groups is 1. The predicted octanol–water partition coefficient (Wildman–Crippen LogP) is 4.20. The van der Waals surface area contributed by atoms with Crippen LogP contribution in [0.5, 0.6) is 11.5 Å². The molecule has 3 heterocycles. The number of para-hydroxylation sites is 1. The lowest BCUT2D eigenvalue weighted by Crippen LogP contribution is -2.55. The van der Waals surface area contributed by atoms with Crippen molar-refractivity contribution in [3.8, 4) is 11.5 Å². The Balaban J connectivity index is 0.00000141. The standard InChI is InChI=1S/C25H22FN3O4.C2H6/c26-19-11-7-10-18-21(17-8-3-1-4-9-17)29-16-27(13-5-2-6-15-33-24(18)19)25(32)22-23(31)20(30)12-14-28(22)29;1-2/h1-4,6-12,14,21,31H,5,13,15-16H2;1-2H3/b6-2+;. The monoisotopic (exact) mass is 477 g/mol. The van der Waals surface area contributed by atoms with Gasteiger partial charge in [0.05, 0.1) is 0 Å². The Morgan fingerprint density at radius 2 is 1.77 bits per heavy atom. The minimum atomic E-state index is -0.636. The van der Waals surface area contributed by atoms with E-state index < -0.39 is 28.9 Å². The number of carbonyl (C=O) groups is 1. The van der Waals surface area contributed by atoms with Gasteiger partial charge >= 0.3 is 0 Å². The number of fused-ring (bicyclic) bond motifs is 5. The number of hydrogen-bond donors (Lipinski definition) is 1.